The highest BCUT2D eigenvalue weighted by atomic mass is 35.5. The van der Waals surface area contributed by atoms with E-state index in [1.54, 1.807) is 6.07 Å². The van der Waals surface area contributed by atoms with E-state index in [0.29, 0.717) is 16.7 Å². The Morgan fingerprint density at radius 1 is 0.688 bits per heavy atom. The molecule has 162 valence electrons. The van der Waals surface area contributed by atoms with E-state index in [9.17, 15) is 17.6 Å². The van der Waals surface area contributed by atoms with Crippen LogP contribution in [0.25, 0.3) is 33.6 Å². The van der Waals surface area contributed by atoms with Gasteiger partial charge in [0.2, 0.25) is 0 Å². The molecule has 2 nitrogen and oxygen atoms in total. The molecule has 4 rings (SSSR count). The lowest BCUT2D eigenvalue weighted by Crippen LogP contribution is -1.95. The minimum absolute atomic E-state index is 0.00840. The SMILES string of the molecule is CCCc1ccc(-c2cnc(-c3ccc(-c4cc(F)c(Cl)c(F)c4)c(F)c3)nc2)c(F)c1. The van der Waals surface area contributed by atoms with Crippen molar-refractivity contribution in [2.75, 3.05) is 0 Å². The van der Waals surface area contributed by atoms with Crippen molar-refractivity contribution in [2.24, 2.45) is 0 Å². The van der Waals surface area contributed by atoms with E-state index in [1.807, 2.05) is 13.0 Å². The number of hydrogen-bond acceptors (Lipinski definition) is 2. The predicted molar refractivity (Wildman–Crippen MR) is 117 cm³/mol. The number of rotatable bonds is 5. The lowest BCUT2D eigenvalue weighted by molar-refractivity contribution is 0.584. The molecule has 0 unspecified atom stereocenters. The first kappa shape index (κ1) is 22.0. The fourth-order valence-corrected chi connectivity index (χ4v) is 3.56. The fraction of sp³-hybridized carbons (Fsp3) is 0.120. The fourth-order valence-electron chi connectivity index (χ4n) is 3.45. The summed E-state index contributed by atoms with van der Waals surface area (Å²) in [5.41, 5.74) is 2.19. The van der Waals surface area contributed by atoms with Crippen LogP contribution in [0, 0.1) is 23.3 Å². The van der Waals surface area contributed by atoms with Gasteiger partial charge < -0.3 is 0 Å². The molecule has 32 heavy (non-hydrogen) atoms. The van der Waals surface area contributed by atoms with Crippen LogP contribution in [0.5, 0.6) is 0 Å². The van der Waals surface area contributed by atoms with Crippen LogP contribution in [0.4, 0.5) is 17.6 Å². The molecule has 1 aromatic heterocycles. The molecule has 0 fully saturated rings. The van der Waals surface area contributed by atoms with Crippen molar-refractivity contribution in [2.45, 2.75) is 19.8 Å². The monoisotopic (exact) mass is 456 g/mol. The second-order valence-corrected chi connectivity index (χ2v) is 7.69. The zero-order valence-electron chi connectivity index (χ0n) is 17.0. The Kier molecular flexibility index (Phi) is 6.24. The summed E-state index contributed by atoms with van der Waals surface area (Å²) in [5.74, 6) is -2.77. The van der Waals surface area contributed by atoms with Crippen LogP contribution >= 0.6 is 11.6 Å². The number of aromatic nitrogens is 2. The normalized spacial score (nSPS) is 11.1. The molecule has 0 bridgehead atoms. The van der Waals surface area contributed by atoms with E-state index in [1.165, 1.54) is 36.7 Å². The van der Waals surface area contributed by atoms with Crippen LogP contribution in [-0.2, 0) is 6.42 Å². The van der Waals surface area contributed by atoms with Crippen LogP contribution in [0.15, 0.2) is 60.9 Å². The maximum Gasteiger partial charge on any atom is 0.159 e. The smallest absolute Gasteiger partial charge is 0.159 e. The van der Waals surface area contributed by atoms with Gasteiger partial charge in [-0.05, 0) is 41.8 Å². The molecule has 7 heteroatoms. The Morgan fingerprint density at radius 2 is 1.25 bits per heavy atom. The average molecular weight is 457 g/mol. The molecule has 4 aromatic rings. The minimum Gasteiger partial charge on any atom is -0.236 e. The van der Waals surface area contributed by atoms with Gasteiger partial charge in [0.05, 0.1) is 0 Å². The molecule has 0 amide bonds. The van der Waals surface area contributed by atoms with Gasteiger partial charge in [0, 0.05) is 34.6 Å². The lowest BCUT2D eigenvalue weighted by atomic mass is 10.0. The molecule has 0 aliphatic carbocycles. The molecule has 0 N–H and O–H groups in total. The van der Waals surface area contributed by atoms with Gasteiger partial charge in [-0.2, -0.15) is 0 Å². The number of nitrogens with zero attached hydrogens (tertiary/aromatic N) is 2. The summed E-state index contributed by atoms with van der Waals surface area (Å²) < 4.78 is 56.6. The predicted octanol–water partition coefficient (Wildman–Crippen LogP) is 7.64. The van der Waals surface area contributed by atoms with Gasteiger partial charge in [0.25, 0.3) is 0 Å². The first-order chi connectivity index (χ1) is 15.4. The number of benzene rings is 3. The van der Waals surface area contributed by atoms with Gasteiger partial charge in [0.1, 0.15) is 28.3 Å². The van der Waals surface area contributed by atoms with E-state index in [4.69, 9.17) is 11.6 Å². The zero-order chi connectivity index (χ0) is 22.8. The van der Waals surface area contributed by atoms with Gasteiger partial charge in [-0.3, -0.25) is 0 Å². The lowest BCUT2D eigenvalue weighted by Gasteiger charge is -2.09. The molecular weight excluding hydrogens is 440 g/mol. The first-order valence-electron chi connectivity index (χ1n) is 9.93. The van der Waals surface area contributed by atoms with Crippen molar-refractivity contribution in [3.63, 3.8) is 0 Å². The van der Waals surface area contributed by atoms with E-state index < -0.39 is 22.5 Å². The Labute approximate surface area is 187 Å². The van der Waals surface area contributed by atoms with Gasteiger partial charge in [0.15, 0.2) is 5.82 Å². The van der Waals surface area contributed by atoms with E-state index >= 15 is 0 Å². The summed E-state index contributed by atoms with van der Waals surface area (Å²) >= 11 is 5.49. The third kappa shape index (κ3) is 4.36. The Bertz CT molecular complexity index is 1270. The first-order valence-corrected chi connectivity index (χ1v) is 10.3. The molecule has 3 aromatic carbocycles. The third-order valence-electron chi connectivity index (χ3n) is 5.06. The number of halogens is 5. The van der Waals surface area contributed by atoms with E-state index in [0.717, 1.165) is 30.5 Å². The summed E-state index contributed by atoms with van der Waals surface area (Å²) in [6, 6.07) is 11.1. The molecule has 0 radical (unpaired) electrons. The highest BCUT2D eigenvalue weighted by Crippen LogP contribution is 2.31. The molecule has 0 saturated heterocycles. The summed E-state index contributed by atoms with van der Waals surface area (Å²) in [6.45, 7) is 2.03. The second kappa shape index (κ2) is 9.09. The zero-order valence-corrected chi connectivity index (χ0v) is 17.7. The maximum atomic E-state index is 14.7. The van der Waals surface area contributed by atoms with Crippen molar-refractivity contribution in [1.82, 2.24) is 9.97 Å². The summed E-state index contributed by atoms with van der Waals surface area (Å²) in [6.07, 6.45) is 4.66. The highest BCUT2D eigenvalue weighted by Gasteiger charge is 2.15. The number of hydrogen-bond donors (Lipinski definition) is 0. The quantitative estimate of drug-likeness (QED) is 0.228. The van der Waals surface area contributed by atoms with Crippen LogP contribution in [0.1, 0.15) is 18.9 Å². The van der Waals surface area contributed by atoms with Crippen molar-refractivity contribution in [3.8, 4) is 33.6 Å². The van der Waals surface area contributed by atoms with Gasteiger partial charge in [-0.15, -0.1) is 0 Å². The van der Waals surface area contributed by atoms with Crippen LogP contribution in [0.3, 0.4) is 0 Å². The van der Waals surface area contributed by atoms with Gasteiger partial charge in [-0.25, -0.2) is 27.5 Å². The van der Waals surface area contributed by atoms with E-state index in [2.05, 4.69) is 9.97 Å². The minimum atomic E-state index is -0.973. The van der Waals surface area contributed by atoms with Crippen LogP contribution < -0.4 is 0 Å². The molecular formula is C25H17ClF4N2. The second-order valence-electron chi connectivity index (χ2n) is 7.31. The van der Waals surface area contributed by atoms with E-state index in [-0.39, 0.29) is 22.8 Å². The summed E-state index contributed by atoms with van der Waals surface area (Å²) in [5, 5.41) is -0.643. The highest BCUT2D eigenvalue weighted by molar-refractivity contribution is 6.31. The van der Waals surface area contributed by atoms with Crippen molar-refractivity contribution in [3.05, 3.63) is 94.8 Å². The molecule has 0 spiro atoms. The van der Waals surface area contributed by atoms with Crippen molar-refractivity contribution >= 4 is 11.6 Å². The molecule has 0 saturated carbocycles. The van der Waals surface area contributed by atoms with Crippen LogP contribution in [-0.4, -0.2) is 9.97 Å². The standard InChI is InChI=1S/C25H17ClF4N2/c1-2-3-14-4-6-19(20(27)8-14)17-12-31-25(32-13-17)15-5-7-18(21(28)9-15)16-10-22(29)24(26)23(30)11-16/h4-13H,2-3H2,1H3. The van der Waals surface area contributed by atoms with Crippen molar-refractivity contribution < 1.29 is 17.6 Å². The van der Waals surface area contributed by atoms with Gasteiger partial charge in [-0.1, -0.05) is 49.2 Å². The Morgan fingerprint density at radius 3 is 1.84 bits per heavy atom. The molecule has 0 aliphatic heterocycles. The largest absolute Gasteiger partial charge is 0.236 e. The van der Waals surface area contributed by atoms with Crippen LogP contribution in [0.2, 0.25) is 5.02 Å². The van der Waals surface area contributed by atoms with Crippen molar-refractivity contribution in [1.29, 1.82) is 0 Å². The molecule has 0 atom stereocenters. The Hall–Kier alpha value is -3.25. The third-order valence-corrected chi connectivity index (χ3v) is 5.42. The van der Waals surface area contributed by atoms with Gasteiger partial charge >= 0.3 is 0 Å². The average Bonchev–Trinajstić information content (AvgIpc) is 2.77. The summed E-state index contributed by atoms with van der Waals surface area (Å²) in [7, 11) is 0. The summed E-state index contributed by atoms with van der Waals surface area (Å²) in [4.78, 5) is 8.45. The molecule has 0 aliphatic rings. The topological polar surface area (TPSA) is 25.8 Å². The number of aryl methyl sites for hydroxylation is 1. The maximum absolute atomic E-state index is 14.7. The Balaban J connectivity index is 1.62. The molecule has 1 heterocycles.